The Bertz CT molecular complexity index is 830. The van der Waals surface area contributed by atoms with E-state index in [0.29, 0.717) is 25.3 Å². The van der Waals surface area contributed by atoms with Crippen molar-refractivity contribution in [1.29, 1.82) is 0 Å². The maximum atomic E-state index is 13.0. The van der Waals surface area contributed by atoms with E-state index in [4.69, 9.17) is 0 Å². The van der Waals surface area contributed by atoms with Crippen molar-refractivity contribution in [2.45, 2.75) is 32.4 Å². The lowest BCUT2D eigenvalue weighted by molar-refractivity contribution is -0.123. The normalized spacial score (nSPS) is 16.7. The molecule has 2 amide bonds. The molecule has 0 bridgehead atoms. The minimum Gasteiger partial charge on any atom is -0.353 e. The lowest BCUT2D eigenvalue weighted by atomic mass is 10.1. The van der Waals surface area contributed by atoms with E-state index in [1.807, 2.05) is 10.7 Å². The first kappa shape index (κ1) is 17.7. The fourth-order valence-corrected chi connectivity index (χ4v) is 3.82. The number of carbonyl (C=O) groups excluding carboxylic acids is 2. The summed E-state index contributed by atoms with van der Waals surface area (Å²) in [5.74, 6) is -0.240. The minimum absolute atomic E-state index is 0.108. The first-order chi connectivity index (χ1) is 13.2. The molecule has 7 nitrogen and oxygen atoms in total. The van der Waals surface area contributed by atoms with Crippen LogP contribution in [0.4, 0.5) is 0 Å². The number of aromatic nitrogens is 2. The van der Waals surface area contributed by atoms with Gasteiger partial charge in [0.2, 0.25) is 5.91 Å². The van der Waals surface area contributed by atoms with E-state index in [1.54, 1.807) is 4.90 Å². The number of amides is 2. The topological polar surface area (TPSA) is 79.3 Å². The molecular formula is C20H25N5O2. The molecule has 1 aromatic heterocycles. The zero-order valence-electron chi connectivity index (χ0n) is 15.4. The summed E-state index contributed by atoms with van der Waals surface area (Å²) in [5, 5.41) is 10.8. The molecule has 27 heavy (non-hydrogen) atoms. The molecule has 7 heteroatoms. The van der Waals surface area contributed by atoms with Crippen molar-refractivity contribution in [3.05, 3.63) is 52.8 Å². The Kier molecular flexibility index (Phi) is 5.20. The van der Waals surface area contributed by atoms with E-state index in [-0.39, 0.29) is 18.4 Å². The third-order valence-electron chi connectivity index (χ3n) is 5.21. The van der Waals surface area contributed by atoms with Crippen molar-refractivity contribution in [3.63, 3.8) is 0 Å². The number of piperazine rings is 1. The van der Waals surface area contributed by atoms with Gasteiger partial charge in [-0.05, 0) is 18.4 Å². The molecule has 4 rings (SSSR count). The number of rotatable bonds is 5. The largest absolute Gasteiger partial charge is 0.353 e. The molecule has 0 spiro atoms. The van der Waals surface area contributed by atoms with Crippen LogP contribution in [-0.2, 0) is 30.7 Å². The molecule has 2 aliphatic rings. The van der Waals surface area contributed by atoms with Crippen molar-refractivity contribution < 1.29 is 9.59 Å². The number of benzene rings is 1. The van der Waals surface area contributed by atoms with Gasteiger partial charge in [0.05, 0.1) is 6.54 Å². The van der Waals surface area contributed by atoms with E-state index < -0.39 is 0 Å². The lowest BCUT2D eigenvalue weighted by Crippen LogP contribution is -2.50. The van der Waals surface area contributed by atoms with Crippen LogP contribution in [-0.4, -0.2) is 52.7 Å². The van der Waals surface area contributed by atoms with Gasteiger partial charge in [0.25, 0.3) is 5.91 Å². The van der Waals surface area contributed by atoms with Crippen molar-refractivity contribution >= 4 is 11.8 Å². The highest BCUT2D eigenvalue weighted by Crippen LogP contribution is 2.21. The van der Waals surface area contributed by atoms with Gasteiger partial charge in [0.15, 0.2) is 5.69 Å². The summed E-state index contributed by atoms with van der Waals surface area (Å²) in [7, 11) is 0. The average Bonchev–Trinajstić information content (AvgIpc) is 3.07. The van der Waals surface area contributed by atoms with Crippen LogP contribution in [0.15, 0.2) is 30.3 Å². The first-order valence-corrected chi connectivity index (χ1v) is 9.61. The molecule has 0 unspecified atom stereocenters. The number of carbonyl (C=O) groups is 2. The molecule has 2 aromatic rings. The van der Waals surface area contributed by atoms with Crippen LogP contribution in [0.5, 0.6) is 0 Å². The van der Waals surface area contributed by atoms with Gasteiger partial charge in [0, 0.05) is 50.4 Å². The summed E-state index contributed by atoms with van der Waals surface area (Å²) in [4.78, 5) is 26.2. The zero-order valence-corrected chi connectivity index (χ0v) is 15.4. The van der Waals surface area contributed by atoms with Crippen molar-refractivity contribution in [1.82, 2.24) is 25.3 Å². The highest BCUT2D eigenvalue weighted by atomic mass is 16.2. The number of nitrogens with zero attached hydrogens (tertiary/aromatic N) is 3. The van der Waals surface area contributed by atoms with Gasteiger partial charge in [-0.2, -0.15) is 5.10 Å². The van der Waals surface area contributed by atoms with Crippen LogP contribution in [0.2, 0.25) is 0 Å². The van der Waals surface area contributed by atoms with Gasteiger partial charge in [0.1, 0.15) is 0 Å². The van der Waals surface area contributed by atoms with Gasteiger partial charge in [-0.15, -0.1) is 0 Å². The van der Waals surface area contributed by atoms with Gasteiger partial charge in [-0.1, -0.05) is 30.3 Å². The molecule has 1 saturated heterocycles. The summed E-state index contributed by atoms with van der Waals surface area (Å²) in [6.45, 7) is 3.51. The third-order valence-corrected chi connectivity index (χ3v) is 5.21. The van der Waals surface area contributed by atoms with E-state index >= 15 is 0 Å². The molecule has 3 heterocycles. The molecular weight excluding hydrogens is 342 g/mol. The number of aryl methyl sites for hydroxylation is 2. The Balaban J connectivity index is 1.50. The molecule has 1 fully saturated rings. The minimum atomic E-state index is -0.133. The average molecular weight is 367 g/mol. The smallest absolute Gasteiger partial charge is 0.275 e. The fraction of sp³-hybridized carbons (Fsp3) is 0.450. The summed E-state index contributed by atoms with van der Waals surface area (Å²) < 4.78 is 2.01. The number of hydrogen-bond donors (Lipinski definition) is 2. The molecule has 0 radical (unpaired) electrons. The van der Waals surface area contributed by atoms with E-state index in [0.717, 1.165) is 43.6 Å². The van der Waals surface area contributed by atoms with Gasteiger partial charge in [-0.25, -0.2) is 0 Å². The van der Waals surface area contributed by atoms with Crippen LogP contribution < -0.4 is 10.6 Å². The van der Waals surface area contributed by atoms with E-state index in [9.17, 15) is 9.59 Å². The summed E-state index contributed by atoms with van der Waals surface area (Å²) >= 11 is 0. The van der Waals surface area contributed by atoms with Gasteiger partial charge >= 0.3 is 0 Å². The van der Waals surface area contributed by atoms with Crippen LogP contribution in [0.1, 0.15) is 33.7 Å². The molecule has 142 valence electrons. The maximum Gasteiger partial charge on any atom is 0.275 e. The van der Waals surface area contributed by atoms with Gasteiger partial charge in [-0.3, -0.25) is 14.3 Å². The van der Waals surface area contributed by atoms with Crippen LogP contribution in [0, 0.1) is 0 Å². The fourth-order valence-electron chi connectivity index (χ4n) is 3.82. The van der Waals surface area contributed by atoms with Crippen LogP contribution in [0.3, 0.4) is 0 Å². The number of fused-ring (bicyclic) bond motifs is 1. The summed E-state index contributed by atoms with van der Waals surface area (Å²) in [6.07, 6.45) is 2.84. The van der Waals surface area contributed by atoms with E-state index in [1.165, 1.54) is 5.56 Å². The highest BCUT2D eigenvalue weighted by Gasteiger charge is 2.30. The van der Waals surface area contributed by atoms with E-state index in [2.05, 4.69) is 40.0 Å². The quantitative estimate of drug-likeness (QED) is 0.817. The highest BCUT2D eigenvalue weighted by molar-refractivity contribution is 5.97. The Morgan fingerprint density at radius 3 is 2.85 bits per heavy atom. The summed E-state index contributed by atoms with van der Waals surface area (Å²) in [5.41, 5.74) is 3.98. The van der Waals surface area contributed by atoms with Crippen molar-refractivity contribution in [2.24, 2.45) is 0 Å². The second-order valence-corrected chi connectivity index (χ2v) is 7.09. The van der Waals surface area contributed by atoms with Crippen molar-refractivity contribution in [2.75, 3.05) is 26.2 Å². The van der Waals surface area contributed by atoms with Gasteiger partial charge < -0.3 is 15.5 Å². The molecule has 1 aromatic carbocycles. The Labute approximate surface area is 158 Å². The molecule has 2 N–H and O–H groups in total. The first-order valence-electron chi connectivity index (χ1n) is 9.61. The second-order valence-electron chi connectivity index (χ2n) is 7.09. The standard InChI is InChI=1S/C20H25N5O2/c26-18-14-24(12-10-22-18)20(27)19-16-13-21-9-8-17(16)25(23-19)11-4-7-15-5-2-1-3-6-15/h1-3,5-6,21H,4,7-14H2,(H,22,26). The monoisotopic (exact) mass is 367 g/mol. The predicted octanol–water partition coefficient (Wildman–Crippen LogP) is 0.734. The Hall–Kier alpha value is -2.67. The van der Waals surface area contributed by atoms with Crippen molar-refractivity contribution in [3.8, 4) is 0 Å². The summed E-state index contributed by atoms with van der Waals surface area (Å²) in [6, 6.07) is 10.4. The molecule has 2 aliphatic heterocycles. The molecule has 0 atom stereocenters. The maximum absolute atomic E-state index is 13.0. The Morgan fingerprint density at radius 2 is 2.04 bits per heavy atom. The third kappa shape index (κ3) is 3.88. The second kappa shape index (κ2) is 7.92. The predicted molar refractivity (Wildman–Crippen MR) is 101 cm³/mol. The molecule has 0 aliphatic carbocycles. The molecule has 0 saturated carbocycles. The Morgan fingerprint density at radius 1 is 1.19 bits per heavy atom. The van der Waals surface area contributed by atoms with Crippen LogP contribution in [0.25, 0.3) is 0 Å². The number of hydrogen-bond acceptors (Lipinski definition) is 4. The van der Waals surface area contributed by atoms with Crippen LogP contribution >= 0.6 is 0 Å². The number of nitrogens with one attached hydrogen (secondary N) is 2. The SMILES string of the molecule is O=C1CN(C(=O)c2nn(CCCc3ccccc3)c3c2CNCC3)CCN1. The zero-order chi connectivity index (χ0) is 18.6. The lowest BCUT2D eigenvalue weighted by Gasteiger charge is -2.26.